The van der Waals surface area contributed by atoms with Gasteiger partial charge in [-0.15, -0.1) is 0 Å². The fraction of sp³-hybridized carbons (Fsp3) is 0.0769. The molecule has 0 spiro atoms. The van der Waals surface area contributed by atoms with Gasteiger partial charge in [-0.25, -0.2) is 0 Å². The maximum absolute atomic E-state index is 13.3. The molecular formula is C26H17ClF3NO2. The highest BCUT2D eigenvalue weighted by Crippen LogP contribution is 2.39. The molecule has 0 atom stereocenters. The minimum Gasteiger partial charge on any atom is -0.343 e. The lowest BCUT2D eigenvalue weighted by molar-refractivity contribution is -0.137. The van der Waals surface area contributed by atoms with E-state index in [2.05, 4.69) is 0 Å². The fourth-order valence-electron chi connectivity index (χ4n) is 3.59. The minimum atomic E-state index is -4.63. The number of ketones is 1. The zero-order chi connectivity index (χ0) is 23.6. The van der Waals surface area contributed by atoms with Crippen molar-refractivity contribution in [2.75, 3.05) is 0 Å². The summed E-state index contributed by atoms with van der Waals surface area (Å²) in [6.07, 6.45) is -3.13. The van der Waals surface area contributed by atoms with Crippen molar-refractivity contribution in [2.45, 2.75) is 12.7 Å². The van der Waals surface area contributed by atoms with Crippen LogP contribution in [0.5, 0.6) is 0 Å². The Bertz CT molecular complexity index is 1380. The zero-order valence-electron chi connectivity index (χ0n) is 17.1. The first kappa shape index (κ1) is 22.6. The summed E-state index contributed by atoms with van der Waals surface area (Å²) in [6.45, 7) is 0.220. The van der Waals surface area contributed by atoms with Gasteiger partial charge in [0.2, 0.25) is 0 Å². The molecule has 0 unspecified atom stereocenters. The largest absolute Gasteiger partial charge is 0.417 e. The second kappa shape index (κ2) is 9.08. The van der Waals surface area contributed by atoms with Gasteiger partial charge in [-0.1, -0.05) is 72.3 Å². The predicted octanol–water partition coefficient (Wildman–Crippen LogP) is 6.47. The predicted molar refractivity (Wildman–Crippen MR) is 122 cm³/mol. The number of halogens is 4. The van der Waals surface area contributed by atoms with Crippen LogP contribution in [0.2, 0.25) is 5.02 Å². The summed E-state index contributed by atoms with van der Waals surface area (Å²) in [5.41, 5.74) is 0.791. The Hall–Kier alpha value is -3.64. The Kier molecular flexibility index (Phi) is 6.20. The monoisotopic (exact) mass is 467 g/mol. The van der Waals surface area contributed by atoms with Crippen molar-refractivity contribution in [3.05, 3.63) is 129 Å². The number of carbonyl (C=O) groups excluding carboxylic acids is 1. The van der Waals surface area contributed by atoms with Crippen molar-refractivity contribution in [1.82, 2.24) is 4.57 Å². The third-order valence-corrected chi connectivity index (χ3v) is 5.57. The Balaban J connectivity index is 1.74. The van der Waals surface area contributed by atoms with E-state index >= 15 is 0 Å². The highest BCUT2D eigenvalue weighted by Gasteiger charge is 2.34. The van der Waals surface area contributed by atoms with Crippen LogP contribution >= 0.6 is 11.6 Å². The molecule has 7 heteroatoms. The van der Waals surface area contributed by atoms with Crippen LogP contribution in [0.4, 0.5) is 13.2 Å². The van der Waals surface area contributed by atoms with E-state index in [0.29, 0.717) is 11.1 Å². The quantitative estimate of drug-likeness (QED) is 0.316. The topological polar surface area (TPSA) is 39.1 Å². The molecule has 1 aromatic heterocycles. The van der Waals surface area contributed by atoms with Crippen molar-refractivity contribution in [3.63, 3.8) is 0 Å². The number of nitrogens with zero attached hydrogens (tertiary/aromatic N) is 1. The van der Waals surface area contributed by atoms with Gasteiger partial charge in [0.15, 0.2) is 11.2 Å². The minimum absolute atomic E-state index is 0.0979. The Morgan fingerprint density at radius 2 is 1.55 bits per heavy atom. The van der Waals surface area contributed by atoms with E-state index in [-0.39, 0.29) is 29.0 Å². The van der Waals surface area contributed by atoms with Gasteiger partial charge >= 0.3 is 6.18 Å². The molecule has 3 nitrogen and oxygen atoms in total. The summed E-state index contributed by atoms with van der Waals surface area (Å²) in [5, 5.41) is -0.475. The molecule has 0 aliphatic carbocycles. The smallest absolute Gasteiger partial charge is 0.343 e. The molecule has 33 heavy (non-hydrogen) atoms. The van der Waals surface area contributed by atoms with E-state index < -0.39 is 16.8 Å². The van der Waals surface area contributed by atoms with Crippen molar-refractivity contribution < 1.29 is 18.0 Å². The lowest BCUT2D eigenvalue weighted by Gasteiger charge is -2.17. The molecule has 166 valence electrons. The van der Waals surface area contributed by atoms with Crippen LogP contribution in [0.3, 0.4) is 0 Å². The van der Waals surface area contributed by atoms with E-state index in [1.165, 1.54) is 30.5 Å². The lowest BCUT2D eigenvalue weighted by Crippen LogP contribution is -2.12. The van der Waals surface area contributed by atoms with Crippen LogP contribution in [-0.2, 0) is 12.7 Å². The first-order valence-electron chi connectivity index (χ1n) is 9.99. The van der Waals surface area contributed by atoms with Crippen LogP contribution in [0, 0.1) is 0 Å². The van der Waals surface area contributed by atoms with Gasteiger partial charge in [-0.05, 0) is 17.7 Å². The molecule has 0 aliphatic heterocycles. The Morgan fingerprint density at radius 3 is 2.27 bits per heavy atom. The molecule has 1 heterocycles. The maximum Gasteiger partial charge on any atom is 0.417 e. The lowest BCUT2D eigenvalue weighted by atomic mass is 10.0. The zero-order valence-corrected chi connectivity index (χ0v) is 17.9. The van der Waals surface area contributed by atoms with E-state index in [9.17, 15) is 22.8 Å². The van der Waals surface area contributed by atoms with Gasteiger partial charge in [0.05, 0.1) is 16.3 Å². The average Bonchev–Trinajstić information content (AvgIpc) is 2.80. The third-order valence-electron chi connectivity index (χ3n) is 5.17. The summed E-state index contributed by atoms with van der Waals surface area (Å²) in [7, 11) is 0. The molecular weight excluding hydrogens is 451 g/mol. The molecule has 0 N–H and O–H groups in total. The molecule has 0 bridgehead atoms. The summed E-state index contributed by atoms with van der Waals surface area (Å²) in [4.78, 5) is 24.8. The van der Waals surface area contributed by atoms with E-state index in [1.54, 1.807) is 53.1 Å². The number of hydrogen-bond donors (Lipinski definition) is 0. The normalized spacial score (nSPS) is 11.4. The second-order valence-corrected chi connectivity index (χ2v) is 7.81. The van der Waals surface area contributed by atoms with E-state index in [1.807, 2.05) is 6.07 Å². The average molecular weight is 468 g/mol. The number of carbonyl (C=O) groups is 1. The van der Waals surface area contributed by atoms with Crippen molar-refractivity contribution in [1.29, 1.82) is 0 Å². The molecule has 0 aliphatic rings. The molecule has 0 fully saturated rings. The summed E-state index contributed by atoms with van der Waals surface area (Å²) in [6, 6.07) is 22.0. The van der Waals surface area contributed by atoms with E-state index in [0.717, 1.165) is 11.6 Å². The number of rotatable bonds is 5. The van der Waals surface area contributed by atoms with Crippen LogP contribution in [0.25, 0.3) is 11.3 Å². The summed E-state index contributed by atoms with van der Waals surface area (Å²) in [5.74, 6) is -0.140. The van der Waals surface area contributed by atoms with Crippen LogP contribution in [0.15, 0.2) is 95.9 Å². The fourth-order valence-corrected chi connectivity index (χ4v) is 3.92. The SMILES string of the molecule is O=C(c1ccccc1)c1cccc(Cn2ccc(=O)cc2-c2cccc(C(F)(F)F)c2Cl)c1. The standard InChI is InChI=1S/C26H17ClF3NO2/c27-24-21(10-5-11-22(24)26(28,29)30)23-15-20(32)12-13-31(23)16-17-6-4-9-19(14-17)25(33)18-7-2-1-3-8-18/h1-15H,16H2. The molecule has 3 aromatic carbocycles. The van der Waals surface area contributed by atoms with Gasteiger partial charge in [0.25, 0.3) is 0 Å². The molecule has 4 rings (SSSR count). The highest BCUT2D eigenvalue weighted by atomic mass is 35.5. The Morgan fingerprint density at radius 1 is 0.848 bits per heavy atom. The van der Waals surface area contributed by atoms with Crippen LogP contribution in [0.1, 0.15) is 27.0 Å². The van der Waals surface area contributed by atoms with Gasteiger partial charge in [0.1, 0.15) is 0 Å². The number of aromatic nitrogens is 1. The van der Waals surface area contributed by atoms with Crippen molar-refractivity contribution in [2.24, 2.45) is 0 Å². The number of benzene rings is 3. The van der Waals surface area contributed by atoms with Gasteiger partial charge < -0.3 is 4.57 Å². The van der Waals surface area contributed by atoms with Crippen molar-refractivity contribution in [3.8, 4) is 11.3 Å². The van der Waals surface area contributed by atoms with Crippen LogP contribution in [-0.4, -0.2) is 10.4 Å². The molecule has 0 saturated heterocycles. The molecule has 0 amide bonds. The first-order valence-corrected chi connectivity index (χ1v) is 10.4. The van der Waals surface area contributed by atoms with E-state index in [4.69, 9.17) is 11.6 Å². The molecule has 4 aromatic rings. The van der Waals surface area contributed by atoms with Crippen LogP contribution < -0.4 is 5.43 Å². The summed E-state index contributed by atoms with van der Waals surface area (Å²) < 4.78 is 41.7. The number of pyridine rings is 1. The maximum atomic E-state index is 13.3. The highest BCUT2D eigenvalue weighted by molar-refractivity contribution is 6.34. The number of hydrogen-bond acceptors (Lipinski definition) is 2. The number of alkyl halides is 3. The molecule has 0 saturated carbocycles. The van der Waals surface area contributed by atoms with Gasteiger partial charge in [0, 0.05) is 41.6 Å². The summed E-state index contributed by atoms with van der Waals surface area (Å²) >= 11 is 6.11. The van der Waals surface area contributed by atoms with Crippen molar-refractivity contribution >= 4 is 17.4 Å². The Labute approximate surface area is 192 Å². The van der Waals surface area contributed by atoms with Gasteiger partial charge in [-0.3, -0.25) is 9.59 Å². The van der Waals surface area contributed by atoms with Gasteiger partial charge in [-0.2, -0.15) is 13.2 Å². The molecule has 0 radical (unpaired) electrons. The second-order valence-electron chi connectivity index (χ2n) is 7.44. The first-order chi connectivity index (χ1) is 15.7. The third kappa shape index (κ3) is 4.91.